The first-order valence-electron chi connectivity index (χ1n) is 10.6. The number of ether oxygens (including phenoxy) is 1. The minimum absolute atomic E-state index is 0.0524. The molecule has 5 nitrogen and oxygen atoms in total. The first kappa shape index (κ1) is 24.9. The number of hydrogen-bond donors (Lipinski definition) is 1. The quantitative estimate of drug-likeness (QED) is 0.223. The summed E-state index contributed by atoms with van der Waals surface area (Å²) in [5.74, 6) is -0.201. The molecule has 0 unspecified atom stereocenters. The van der Waals surface area contributed by atoms with E-state index in [1.807, 2.05) is 42.5 Å². The second-order valence-corrected chi connectivity index (χ2v) is 8.20. The van der Waals surface area contributed by atoms with E-state index in [-0.39, 0.29) is 28.0 Å². The Morgan fingerprint density at radius 3 is 2.35 bits per heavy atom. The van der Waals surface area contributed by atoms with Gasteiger partial charge in [0.2, 0.25) is 0 Å². The van der Waals surface area contributed by atoms with E-state index in [1.165, 1.54) is 11.6 Å². The minimum Gasteiger partial charge on any atom is -0.486 e. The molecule has 0 bridgehead atoms. The number of halogens is 2. The van der Waals surface area contributed by atoms with Gasteiger partial charge in [-0.25, -0.2) is 0 Å². The molecule has 0 saturated carbocycles. The molecule has 0 aliphatic rings. The number of amides is 1. The molecule has 0 aliphatic heterocycles. The number of rotatable bonds is 9. The summed E-state index contributed by atoms with van der Waals surface area (Å²) in [4.78, 5) is 12.4. The van der Waals surface area contributed by atoms with Gasteiger partial charge in [0.15, 0.2) is 5.75 Å². The van der Waals surface area contributed by atoms with Gasteiger partial charge in [0, 0.05) is 12.1 Å². The molecule has 0 saturated heterocycles. The van der Waals surface area contributed by atoms with Crippen molar-refractivity contribution in [1.29, 1.82) is 10.5 Å². The first-order valence-corrected chi connectivity index (χ1v) is 11.3. The molecular formula is C27H21Cl2N3O2. The Balaban J connectivity index is 1.63. The Bertz CT molecular complexity index is 1250. The second-order valence-electron chi connectivity index (χ2n) is 7.39. The van der Waals surface area contributed by atoms with Gasteiger partial charge in [-0.3, -0.25) is 4.79 Å². The lowest BCUT2D eigenvalue weighted by Crippen LogP contribution is -2.25. The van der Waals surface area contributed by atoms with Crippen LogP contribution in [0.4, 0.5) is 0 Å². The fourth-order valence-corrected chi connectivity index (χ4v) is 3.87. The van der Waals surface area contributed by atoms with Crippen molar-refractivity contribution in [3.8, 4) is 17.9 Å². The van der Waals surface area contributed by atoms with E-state index in [9.17, 15) is 15.3 Å². The van der Waals surface area contributed by atoms with Crippen LogP contribution in [0.25, 0.3) is 6.08 Å². The van der Waals surface area contributed by atoms with Crippen molar-refractivity contribution in [2.75, 3.05) is 6.54 Å². The number of nitrogens with zero attached hydrogens (tertiary/aromatic N) is 2. The van der Waals surface area contributed by atoms with E-state index in [4.69, 9.17) is 27.9 Å². The van der Waals surface area contributed by atoms with Crippen LogP contribution in [0.5, 0.6) is 5.75 Å². The first-order chi connectivity index (χ1) is 16.5. The predicted molar refractivity (Wildman–Crippen MR) is 133 cm³/mol. The van der Waals surface area contributed by atoms with Crippen LogP contribution in [-0.2, 0) is 17.8 Å². The number of carbonyl (C=O) groups is 1. The highest BCUT2D eigenvalue weighted by Gasteiger charge is 2.13. The van der Waals surface area contributed by atoms with Crippen LogP contribution in [0.2, 0.25) is 10.0 Å². The zero-order chi connectivity index (χ0) is 24.3. The summed E-state index contributed by atoms with van der Waals surface area (Å²) < 4.78 is 5.75. The molecule has 34 heavy (non-hydrogen) atoms. The molecule has 170 valence electrons. The minimum atomic E-state index is -0.462. The van der Waals surface area contributed by atoms with Gasteiger partial charge in [0.25, 0.3) is 5.91 Å². The lowest BCUT2D eigenvalue weighted by Gasteiger charge is -2.12. The summed E-state index contributed by atoms with van der Waals surface area (Å²) in [5.41, 5.74) is 2.84. The van der Waals surface area contributed by atoms with Crippen molar-refractivity contribution in [3.05, 3.63) is 105 Å². The van der Waals surface area contributed by atoms with E-state index < -0.39 is 5.91 Å². The van der Waals surface area contributed by atoms with E-state index in [0.29, 0.717) is 23.2 Å². The van der Waals surface area contributed by atoms with Gasteiger partial charge in [-0.05, 0) is 48.2 Å². The second kappa shape index (κ2) is 12.5. The molecule has 0 spiro atoms. The summed E-state index contributed by atoms with van der Waals surface area (Å²) >= 11 is 12.7. The number of nitriles is 2. The van der Waals surface area contributed by atoms with Crippen LogP contribution < -0.4 is 10.1 Å². The lowest BCUT2D eigenvalue weighted by molar-refractivity contribution is -0.117. The standard InChI is InChI=1S/C27H21Cl2N3O2/c28-24-14-20(15-25(29)26(24)34-18-22-11-5-4-10-21(22)16-30)13-23(17-31)27(33)32-12-6-9-19-7-2-1-3-8-19/h1-5,7-8,10-11,13-15H,6,9,12,18H2,(H,32,33)/b23-13-. The van der Waals surface area contributed by atoms with Crippen LogP contribution >= 0.6 is 23.2 Å². The highest BCUT2D eigenvalue weighted by molar-refractivity contribution is 6.37. The lowest BCUT2D eigenvalue weighted by atomic mass is 10.1. The average molecular weight is 490 g/mol. The maximum atomic E-state index is 12.4. The van der Waals surface area contributed by atoms with E-state index in [2.05, 4.69) is 11.4 Å². The molecule has 1 N–H and O–H groups in total. The van der Waals surface area contributed by atoms with Crippen molar-refractivity contribution < 1.29 is 9.53 Å². The van der Waals surface area contributed by atoms with E-state index in [0.717, 1.165) is 12.8 Å². The monoisotopic (exact) mass is 489 g/mol. The summed E-state index contributed by atoms with van der Waals surface area (Å²) in [7, 11) is 0. The predicted octanol–water partition coefficient (Wildman–Crippen LogP) is 6.10. The zero-order valence-corrected chi connectivity index (χ0v) is 19.7. The molecule has 3 aromatic rings. The molecule has 0 aromatic heterocycles. The Hall–Kier alpha value is -3.77. The molecule has 3 aromatic carbocycles. The number of nitrogens with one attached hydrogen (secondary N) is 1. The smallest absolute Gasteiger partial charge is 0.261 e. The molecule has 1 amide bonds. The third-order valence-electron chi connectivity index (χ3n) is 4.98. The Morgan fingerprint density at radius 2 is 1.68 bits per heavy atom. The molecular weight excluding hydrogens is 469 g/mol. The summed E-state index contributed by atoms with van der Waals surface area (Å²) in [6, 6.07) is 24.2. The summed E-state index contributed by atoms with van der Waals surface area (Å²) in [6.07, 6.45) is 3.02. The maximum absolute atomic E-state index is 12.4. The summed E-state index contributed by atoms with van der Waals surface area (Å²) in [5, 5.41) is 21.9. The van der Waals surface area contributed by atoms with Crippen LogP contribution in [0.3, 0.4) is 0 Å². The van der Waals surface area contributed by atoms with Gasteiger partial charge in [-0.1, -0.05) is 71.7 Å². The molecule has 3 rings (SSSR count). The fraction of sp³-hybridized carbons (Fsp3) is 0.148. The third kappa shape index (κ3) is 6.86. The molecule has 0 aliphatic carbocycles. The number of carbonyl (C=O) groups excluding carboxylic acids is 1. The largest absolute Gasteiger partial charge is 0.486 e. The van der Waals surface area contributed by atoms with Crippen LogP contribution in [-0.4, -0.2) is 12.5 Å². The van der Waals surface area contributed by atoms with Crippen LogP contribution in [0.1, 0.15) is 28.7 Å². The Morgan fingerprint density at radius 1 is 1.00 bits per heavy atom. The molecule has 7 heteroatoms. The van der Waals surface area contributed by atoms with Gasteiger partial charge in [0.1, 0.15) is 18.2 Å². The number of benzene rings is 3. The van der Waals surface area contributed by atoms with Gasteiger partial charge >= 0.3 is 0 Å². The molecule has 0 fully saturated rings. The van der Waals surface area contributed by atoms with Crippen molar-refractivity contribution in [1.82, 2.24) is 5.32 Å². The molecule has 0 radical (unpaired) electrons. The van der Waals surface area contributed by atoms with E-state index in [1.54, 1.807) is 30.3 Å². The molecule has 0 heterocycles. The van der Waals surface area contributed by atoms with Crippen molar-refractivity contribution in [2.24, 2.45) is 0 Å². The van der Waals surface area contributed by atoms with Crippen LogP contribution in [0.15, 0.2) is 72.3 Å². The average Bonchev–Trinajstić information content (AvgIpc) is 2.85. The highest BCUT2D eigenvalue weighted by atomic mass is 35.5. The normalized spacial score (nSPS) is 10.8. The number of hydrogen-bond acceptors (Lipinski definition) is 4. The van der Waals surface area contributed by atoms with Crippen LogP contribution in [0, 0.1) is 22.7 Å². The van der Waals surface area contributed by atoms with Gasteiger partial charge in [0.05, 0.1) is 21.7 Å². The van der Waals surface area contributed by atoms with E-state index >= 15 is 0 Å². The zero-order valence-electron chi connectivity index (χ0n) is 18.2. The Labute approximate surface area is 208 Å². The summed E-state index contributed by atoms with van der Waals surface area (Å²) in [6.45, 7) is 0.568. The third-order valence-corrected chi connectivity index (χ3v) is 5.54. The molecule has 0 atom stereocenters. The highest BCUT2D eigenvalue weighted by Crippen LogP contribution is 2.35. The van der Waals surface area contributed by atoms with Crippen molar-refractivity contribution in [3.63, 3.8) is 0 Å². The Kier molecular flexibility index (Phi) is 9.12. The SMILES string of the molecule is N#C/C(=C/c1cc(Cl)c(OCc2ccccc2C#N)c(Cl)c1)C(=O)NCCCc1ccccc1. The fourth-order valence-electron chi connectivity index (χ4n) is 3.26. The van der Waals surface area contributed by atoms with Gasteiger partial charge < -0.3 is 10.1 Å². The van der Waals surface area contributed by atoms with Crippen molar-refractivity contribution >= 4 is 35.2 Å². The number of aryl methyl sites for hydroxylation is 1. The van der Waals surface area contributed by atoms with Gasteiger partial charge in [-0.15, -0.1) is 0 Å². The van der Waals surface area contributed by atoms with Crippen molar-refractivity contribution in [2.45, 2.75) is 19.4 Å². The topological polar surface area (TPSA) is 85.9 Å². The van der Waals surface area contributed by atoms with Gasteiger partial charge in [-0.2, -0.15) is 10.5 Å². The maximum Gasteiger partial charge on any atom is 0.261 e.